The lowest BCUT2D eigenvalue weighted by atomic mass is 10.0. The second kappa shape index (κ2) is 8.54. The molecule has 3 aromatic rings. The van der Waals surface area contributed by atoms with Crippen molar-refractivity contribution in [2.24, 2.45) is 10.7 Å². The first-order valence-corrected chi connectivity index (χ1v) is 11.0. The number of aliphatic hydroxyl groups is 1. The maximum absolute atomic E-state index is 13.1. The standard InChI is InChI=1S/C25H22N4O7/c1-28(18-5-3-4-14-13(18)6-7-15(22(14)31)23(26)32)25(34)36-20-10-17-16(9-19(20)35-2)24(33)29-12(11-27-17)8-21(29)30/h3-7,9-12,21,30-31H,8H2,1-2H3,(H2,26,32). The number of anilines is 1. The summed E-state index contributed by atoms with van der Waals surface area (Å²) in [6.07, 6.45) is 0.316. The second-order valence-corrected chi connectivity index (χ2v) is 8.42. The predicted octanol–water partition coefficient (Wildman–Crippen LogP) is 2.54. The van der Waals surface area contributed by atoms with E-state index in [1.165, 1.54) is 42.2 Å². The Labute approximate surface area is 204 Å². The lowest BCUT2D eigenvalue weighted by Crippen LogP contribution is -2.58. The molecule has 184 valence electrons. The van der Waals surface area contributed by atoms with Crippen LogP contribution >= 0.6 is 0 Å². The molecule has 11 nitrogen and oxygen atoms in total. The first-order valence-electron chi connectivity index (χ1n) is 11.0. The van der Waals surface area contributed by atoms with Gasteiger partial charge in [0.2, 0.25) is 0 Å². The number of ether oxygens (including phenoxy) is 2. The molecule has 11 heteroatoms. The van der Waals surface area contributed by atoms with Gasteiger partial charge in [0.25, 0.3) is 11.8 Å². The SMILES string of the molecule is COc1cc2c(cc1OC(=O)N(C)c1cccc3c(O)c(C(N)=O)ccc13)N=CC1CC(O)N1C2=O. The maximum Gasteiger partial charge on any atom is 0.419 e. The van der Waals surface area contributed by atoms with E-state index in [1.54, 1.807) is 30.5 Å². The van der Waals surface area contributed by atoms with E-state index in [4.69, 9.17) is 15.2 Å². The van der Waals surface area contributed by atoms with Crippen molar-refractivity contribution in [1.82, 2.24) is 4.90 Å². The maximum atomic E-state index is 13.1. The largest absolute Gasteiger partial charge is 0.506 e. The summed E-state index contributed by atoms with van der Waals surface area (Å²) in [5, 5.41) is 21.3. The number of benzene rings is 3. The Morgan fingerprint density at radius 3 is 2.64 bits per heavy atom. The molecule has 0 bridgehead atoms. The molecular formula is C25H22N4O7. The van der Waals surface area contributed by atoms with Crippen molar-refractivity contribution in [1.29, 1.82) is 0 Å². The third-order valence-electron chi connectivity index (χ3n) is 6.37. The molecule has 1 saturated heterocycles. The number of primary amides is 1. The molecule has 36 heavy (non-hydrogen) atoms. The van der Waals surface area contributed by atoms with Gasteiger partial charge in [0.15, 0.2) is 11.5 Å². The Balaban J connectivity index is 1.47. The van der Waals surface area contributed by atoms with Crippen LogP contribution in [-0.4, -0.2) is 65.7 Å². The van der Waals surface area contributed by atoms with Gasteiger partial charge >= 0.3 is 6.09 Å². The van der Waals surface area contributed by atoms with Crippen LogP contribution in [0.4, 0.5) is 16.2 Å². The number of fused-ring (bicyclic) bond motifs is 3. The van der Waals surface area contributed by atoms with Crippen LogP contribution in [0.2, 0.25) is 0 Å². The minimum atomic E-state index is -0.878. The van der Waals surface area contributed by atoms with Gasteiger partial charge in [-0.25, -0.2) is 4.79 Å². The number of nitrogens with zero attached hydrogens (tertiary/aromatic N) is 3. The summed E-state index contributed by atoms with van der Waals surface area (Å²) in [4.78, 5) is 44.5. The first kappa shape index (κ1) is 23.1. The van der Waals surface area contributed by atoms with Crippen LogP contribution < -0.4 is 20.1 Å². The highest BCUT2D eigenvalue weighted by molar-refractivity contribution is 6.09. The van der Waals surface area contributed by atoms with Crippen LogP contribution in [0.15, 0.2) is 47.5 Å². The van der Waals surface area contributed by atoms with E-state index in [-0.39, 0.29) is 40.1 Å². The molecule has 2 aliphatic rings. The fourth-order valence-corrected chi connectivity index (χ4v) is 4.39. The Morgan fingerprint density at radius 2 is 1.94 bits per heavy atom. The number of aliphatic imine (C=N–C) groups is 1. The molecule has 0 aliphatic carbocycles. The van der Waals surface area contributed by atoms with E-state index in [9.17, 15) is 24.6 Å². The Bertz CT molecular complexity index is 1470. The summed E-state index contributed by atoms with van der Waals surface area (Å²) in [6, 6.07) is 10.4. The fraction of sp³-hybridized carbons (Fsp3) is 0.200. The quantitative estimate of drug-likeness (QED) is 0.508. The summed E-state index contributed by atoms with van der Waals surface area (Å²) in [5.74, 6) is -1.28. The van der Waals surface area contributed by atoms with E-state index in [0.717, 1.165) is 0 Å². The van der Waals surface area contributed by atoms with Gasteiger partial charge in [0.1, 0.15) is 12.0 Å². The predicted molar refractivity (Wildman–Crippen MR) is 130 cm³/mol. The van der Waals surface area contributed by atoms with Crippen molar-refractivity contribution in [2.75, 3.05) is 19.1 Å². The number of rotatable bonds is 4. The third kappa shape index (κ3) is 3.57. The second-order valence-electron chi connectivity index (χ2n) is 8.42. The molecule has 0 saturated carbocycles. The van der Waals surface area contributed by atoms with Crippen molar-refractivity contribution >= 4 is 46.3 Å². The van der Waals surface area contributed by atoms with Crippen molar-refractivity contribution in [3.8, 4) is 17.2 Å². The van der Waals surface area contributed by atoms with Crippen molar-refractivity contribution in [2.45, 2.75) is 18.7 Å². The Kier molecular flexibility index (Phi) is 5.48. The highest BCUT2D eigenvalue weighted by Gasteiger charge is 2.42. The lowest BCUT2D eigenvalue weighted by molar-refractivity contribution is -0.0685. The molecule has 0 spiro atoms. The van der Waals surface area contributed by atoms with Gasteiger partial charge in [0, 0.05) is 36.5 Å². The number of hydrogen-bond acceptors (Lipinski definition) is 8. The molecule has 0 radical (unpaired) electrons. The van der Waals surface area contributed by atoms with Crippen LogP contribution in [0, 0.1) is 0 Å². The van der Waals surface area contributed by atoms with Crippen LogP contribution in [0.3, 0.4) is 0 Å². The highest BCUT2D eigenvalue weighted by Crippen LogP contribution is 2.40. The number of methoxy groups -OCH3 is 1. The summed E-state index contributed by atoms with van der Waals surface area (Å²) in [6.45, 7) is 0. The van der Waals surface area contributed by atoms with Gasteiger partial charge in [-0.15, -0.1) is 0 Å². The smallest absolute Gasteiger partial charge is 0.419 e. The summed E-state index contributed by atoms with van der Waals surface area (Å²) < 4.78 is 11.0. The number of phenols is 1. The Hall–Kier alpha value is -4.64. The van der Waals surface area contributed by atoms with E-state index in [2.05, 4.69) is 4.99 Å². The molecule has 2 atom stereocenters. The minimum Gasteiger partial charge on any atom is -0.506 e. The highest BCUT2D eigenvalue weighted by atomic mass is 16.6. The van der Waals surface area contributed by atoms with Gasteiger partial charge in [-0.1, -0.05) is 18.2 Å². The monoisotopic (exact) mass is 490 g/mol. The van der Waals surface area contributed by atoms with E-state index in [0.29, 0.717) is 22.9 Å². The average molecular weight is 490 g/mol. The van der Waals surface area contributed by atoms with E-state index < -0.39 is 24.1 Å². The van der Waals surface area contributed by atoms with Crippen LogP contribution in [-0.2, 0) is 0 Å². The number of amides is 3. The van der Waals surface area contributed by atoms with Gasteiger partial charge in [-0.05, 0) is 18.2 Å². The normalized spacial score (nSPS) is 18.1. The molecule has 1 fully saturated rings. The first-order chi connectivity index (χ1) is 17.2. The van der Waals surface area contributed by atoms with Crippen molar-refractivity contribution in [3.05, 3.63) is 53.6 Å². The molecule has 3 amide bonds. The van der Waals surface area contributed by atoms with Gasteiger partial charge in [-0.3, -0.25) is 19.5 Å². The zero-order chi connectivity index (χ0) is 25.7. The molecular weight excluding hydrogens is 468 g/mol. The summed E-state index contributed by atoms with van der Waals surface area (Å²) >= 11 is 0. The zero-order valence-corrected chi connectivity index (χ0v) is 19.3. The fourth-order valence-electron chi connectivity index (χ4n) is 4.39. The number of carbonyl (C=O) groups is 3. The van der Waals surface area contributed by atoms with Gasteiger partial charge < -0.3 is 30.3 Å². The average Bonchev–Trinajstić information content (AvgIpc) is 2.95. The summed E-state index contributed by atoms with van der Waals surface area (Å²) in [5.41, 5.74) is 6.18. The van der Waals surface area contributed by atoms with Crippen molar-refractivity contribution < 1.29 is 34.1 Å². The number of hydrogen-bond donors (Lipinski definition) is 3. The van der Waals surface area contributed by atoms with Crippen LogP contribution in [0.5, 0.6) is 17.2 Å². The third-order valence-corrected chi connectivity index (χ3v) is 6.37. The molecule has 2 unspecified atom stereocenters. The van der Waals surface area contributed by atoms with Crippen LogP contribution in [0.1, 0.15) is 27.1 Å². The Morgan fingerprint density at radius 1 is 1.17 bits per heavy atom. The number of aromatic hydroxyl groups is 1. The van der Waals surface area contributed by atoms with E-state index >= 15 is 0 Å². The van der Waals surface area contributed by atoms with E-state index in [1.807, 2.05) is 0 Å². The molecule has 5 rings (SSSR count). The number of carbonyl (C=O) groups excluding carboxylic acids is 3. The van der Waals surface area contributed by atoms with Gasteiger partial charge in [0.05, 0.1) is 35.7 Å². The molecule has 4 N–H and O–H groups in total. The summed E-state index contributed by atoms with van der Waals surface area (Å²) in [7, 11) is 2.86. The van der Waals surface area contributed by atoms with Gasteiger partial charge in [-0.2, -0.15) is 0 Å². The molecule has 2 aliphatic heterocycles. The number of nitrogens with two attached hydrogens (primary N) is 1. The molecule has 3 aromatic carbocycles. The number of aliphatic hydroxyl groups excluding tert-OH is 1. The van der Waals surface area contributed by atoms with Crippen molar-refractivity contribution in [3.63, 3.8) is 0 Å². The lowest BCUT2D eigenvalue weighted by Gasteiger charge is -2.42. The molecule has 2 heterocycles. The van der Waals surface area contributed by atoms with Crippen LogP contribution in [0.25, 0.3) is 10.8 Å². The zero-order valence-electron chi connectivity index (χ0n) is 19.3. The molecule has 0 aromatic heterocycles. The topological polar surface area (TPSA) is 155 Å². The minimum absolute atomic E-state index is 0.0352.